The number of hydrogen-bond donors (Lipinski definition) is 0. The topological polar surface area (TPSA) is 3.24 Å². The van der Waals surface area contributed by atoms with Crippen LogP contribution in [0.3, 0.4) is 0 Å². The van der Waals surface area contributed by atoms with Crippen LogP contribution in [-0.4, -0.2) is 38.6 Å². The van der Waals surface area contributed by atoms with E-state index < -0.39 is 0 Å². The summed E-state index contributed by atoms with van der Waals surface area (Å²) in [5.41, 5.74) is 3.21. The molecule has 0 radical (unpaired) electrons. The Balaban J connectivity index is -0.000000571. The first-order chi connectivity index (χ1) is 20.3. The Bertz CT molecular complexity index is 777. The van der Waals surface area contributed by atoms with E-state index in [0.29, 0.717) is 36.6 Å². The lowest BCUT2D eigenvalue weighted by atomic mass is 9.58. The molecule has 2 fully saturated rings. The molecule has 0 aromatic rings. The Hall–Kier alpha value is 0.660. The van der Waals surface area contributed by atoms with E-state index in [1.54, 1.807) is 0 Å². The quantitative estimate of drug-likeness (QED) is 0.266. The first-order valence-corrected chi connectivity index (χ1v) is 21.3. The second kappa shape index (κ2) is 19.1. The van der Waals surface area contributed by atoms with Crippen molar-refractivity contribution < 1.29 is 0 Å². The monoisotopic (exact) mass is 716 g/mol. The highest BCUT2D eigenvalue weighted by atomic mass is 32.2. The lowest BCUT2D eigenvalue weighted by Gasteiger charge is -2.49. The van der Waals surface area contributed by atoms with Gasteiger partial charge in [0.05, 0.1) is 4.08 Å². The summed E-state index contributed by atoms with van der Waals surface area (Å²) in [5.74, 6) is 4.47. The highest BCUT2D eigenvalue weighted by molar-refractivity contribution is 8.21. The molecule has 1 aliphatic carbocycles. The van der Waals surface area contributed by atoms with Gasteiger partial charge in [-0.25, -0.2) is 0 Å². The number of thioether (sulfide) groups is 2. The first kappa shape index (κ1) is 53.0. The van der Waals surface area contributed by atoms with Gasteiger partial charge in [-0.3, -0.25) is 4.90 Å². The Morgan fingerprint density at radius 1 is 0.521 bits per heavy atom. The van der Waals surface area contributed by atoms with Crippen molar-refractivity contribution in [3.8, 4) is 0 Å². The van der Waals surface area contributed by atoms with Crippen LogP contribution in [0, 0.1) is 44.3 Å². The van der Waals surface area contributed by atoms with Crippen LogP contribution >= 0.6 is 23.5 Å². The summed E-state index contributed by atoms with van der Waals surface area (Å²) in [6, 6.07) is 0. The van der Waals surface area contributed by atoms with Crippen molar-refractivity contribution in [2.45, 2.75) is 227 Å². The summed E-state index contributed by atoms with van der Waals surface area (Å²) in [4.78, 5) is 2.38. The van der Waals surface area contributed by atoms with Gasteiger partial charge in [-0.15, -0.1) is 23.5 Å². The molecule has 1 nitrogen and oxygen atoms in total. The molecule has 3 heteroatoms. The highest BCUT2D eigenvalue weighted by Crippen LogP contribution is 2.63. The third kappa shape index (κ3) is 20.0. The molecule has 1 saturated heterocycles. The first-order valence-electron chi connectivity index (χ1n) is 19.3. The summed E-state index contributed by atoms with van der Waals surface area (Å²) in [6.45, 7) is 56.0. The van der Waals surface area contributed by atoms with Gasteiger partial charge in [-0.1, -0.05) is 164 Å². The molecule has 0 bridgehead atoms. The molecule has 2 rings (SSSR count). The van der Waals surface area contributed by atoms with Gasteiger partial charge in [0.2, 0.25) is 0 Å². The molecule has 2 aliphatic rings. The average molecular weight is 716 g/mol. The molecule has 0 amide bonds. The zero-order valence-electron chi connectivity index (χ0n) is 37.6. The lowest BCUT2D eigenvalue weighted by molar-refractivity contribution is 0.0251. The molecular weight excluding hydrogens is 619 g/mol. The second-order valence-corrected chi connectivity index (χ2v) is 26.5. The minimum absolute atomic E-state index is 0. The zero-order valence-corrected chi connectivity index (χ0v) is 39.2. The van der Waals surface area contributed by atoms with E-state index in [1.807, 2.05) is 0 Å². The lowest BCUT2D eigenvalue weighted by Crippen LogP contribution is -2.49. The van der Waals surface area contributed by atoms with Gasteiger partial charge in [0.1, 0.15) is 0 Å². The van der Waals surface area contributed by atoms with E-state index >= 15 is 0 Å². The molecular formula is C45H97NS2. The van der Waals surface area contributed by atoms with Crippen molar-refractivity contribution in [1.82, 2.24) is 4.90 Å². The fraction of sp³-hybridized carbons (Fsp3) is 1.00. The van der Waals surface area contributed by atoms with Gasteiger partial charge < -0.3 is 0 Å². The van der Waals surface area contributed by atoms with Crippen molar-refractivity contribution in [3.63, 3.8) is 0 Å². The molecule has 1 saturated carbocycles. The van der Waals surface area contributed by atoms with Crippen molar-refractivity contribution >= 4 is 23.5 Å². The molecule has 48 heavy (non-hydrogen) atoms. The Morgan fingerprint density at radius 2 is 0.812 bits per heavy atom. The van der Waals surface area contributed by atoms with E-state index in [1.165, 1.54) is 50.0 Å². The summed E-state index contributed by atoms with van der Waals surface area (Å²) in [7, 11) is 2.17. The molecule has 0 spiro atoms. The summed E-state index contributed by atoms with van der Waals surface area (Å²) >= 11 is 4.33. The fourth-order valence-corrected chi connectivity index (χ4v) is 13.0. The van der Waals surface area contributed by atoms with E-state index in [4.69, 9.17) is 0 Å². The summed E-state index contributed by atoms with van der Waals surface area (Å²) < 4.78 is 0.403. The van der Waals surface area contributed by atoms with Crippen molar-refractivity contribution in [1.29, 1.82) is 0 Å². The van der Waals surface area contributed by atoms with Gasteiger partial charge in [0.15, 0.2) is 0 Å². The summed E-state index contributed by atoms with van der Waals surface area (Å²) in [6.07, 6.45) is 8.64. The van der Waals surface area contributed by atoms with Gasteiger partial charge >= 0.3 is 0 Å². The van der Waals surface area contributed by atoms with Crippen LogP contribution in [0.1, 0.15) is 212 Å². The van der Waals surface area contributed by atoms with Crippen LogP contribution in [0.4, 0.5) is 0 Å². The Labute approximate surface area is 317 Å². The number of hydrogen-bond acceptors (Lipinski definition) is 3. The molecule has 1 heterocycles. The molecule has 0 atom stereocenters. The van der Waals surface area contributed by atoms with E-state index in [9.17, 15) is 0 Å². The van der Waals surface area contributed by atoms with Gasteiger partial charge in [-0.05, 0) is 99.3 Å². The van der Waals surface area contributed by atoms with E-state index in [-0.39, 0.29) is 18.5 Å². The molecule has 1 aliphatic heterocycles. The molecule has 0 N–H and O–H groups in total. The number of rotatable bonds is 1. The summed E-state index contributed by atoms with van der Waals surface area (Å²) in [5, 5.41) is 0. The van der Waals surface area contributed by atoms with Crippen molar-refractivity contribution in [3.05, 3.63) is 0 Å². The minimum atomic E-state index is 0. The van der Waals surface area contributed by atoms with Gasteiger partial charge in [0.25, 0.3) is 0 Å². The normalized spacial score (nSPS) is 18.6. The van der Waals surface area contributed by atoms with Crippen LogP contribution < -0.4 is 0 Å². The van der Waals surface area contributed by atoms with Gasteiger partial charge in [0, 0.05) is 22.6 Å². The van der Waals surface area contributed by atoms with Crippen molar-refractivity contribution in [2.75, 3.05) is 18.6 Å². The SMILES string of the molecule is C.CC(C)(C)C(C1CCCCC1)C(C)(C)C.CC(C)(C)C1(C(C)(C)C)SCCS1.CC(C)(C)CC(C)(C)C.CN(C(C)(C)C)C(C)(C)C. The maximum absolute atomic E-state index is 2.43. The van der Waals surface area contributed by atoms with Crippen LogP contribution in [0.2, 0.25) is 0 Å². The van der Waals surface area contributed by atoms with Crippen LogP contribution in [0.15, 0.2) is 0 Å². The molecule has 294 valence electrons. The molecule has 0 aromatic heterocycles. The third-order valence-electron chi connectivity index (χ3n) is 9.73. The zero-order chi connectivity index (χ0) is 38.3. The predicted octanol–water partition coefficient (Wildman–Crippen LogP) is 16.1. The second-order valence-electron chi connectivity index (χ2n) is 23.6. The predicted molar refractivity (Wildman–Crippen MR) is 233 cm³/mol. The average Bonchev–Trinajstić information content (AvgIpc) is 3.27. The highest BCUT2D eigenvalue weighted by Gasteiger charge is 2.53. The number of nitrogens with zero attached hydrogens (tertiary/aromatic N) is 1. The van der Waals surface area contributed by atoms with Crippen molar-refractivity contribution in [2.24, 2.45) is 44.3 Å². The van der Waals surface area contributed by atoms with Crippen LogP contribution in [0.5, 0.6) is 0 Å². The van der Waals surface area contributed by atoms with Gasteiger partial charge in [-0.2, -0.15) is 0 Å². The molecule has 0 aromatic carbocycles. The van der Waals surface area contributed by atoms with E-state index in [2.05, 4.69) is 202 Å². The third-order valence-corrected chi connectivity index (χ3v) is 14.8. The Morgan fingerprint density at radius 3 is 0.958 bits per heavy atom. The van der Waals surface area contributed by atoms with Crippen LogP contribution in [-0.2, 0) is 0 Å². The maximum Gasteiger partial charge on any atom is 0.0707 e. The van der Waals surface area contributed by atoms with Crippen LogP contribution in [0.25, 0.3) is 0 Å². The Kier molecular flexibility index (Phi) is 21.1. The smallest absolute Gasteiger partial charge is 0.0707 e. The maximum atomic E-state index is 2.43. The van der Waals surface area contributed by atoms with E-state index in [0.717, 1.165) is 11.8 Å². The minimum Gasteiger partial charge on any atom is -0.297 e. The molecule has 0 unspecified atom stereocenters. The standard InChI is InChI=1S/C15H30.C11H22S2.C9H21N.C9H20.CH4/c1-14(2,3)13(15(4,5)6)12-10-8-7-9-11-12;1-9(2,3)11(10(4,5)6)12-7-8-13-11;1-8(2,3)10(7)9(4,5)6;1-8(2,3)7-9(4,5)6;/h12-13H,7-11H2,1-6H3;7-8H2,1-6H3;1-7H3;7H2,1-6H3;1H4. The largest absolute Gasteiger partial charge is 0.297 e. The fourth-order valence-electron chi connectivity index (χ4n) is 9.18.